The summed E-state index contributed by atoms with van der Waals surface area (Å²) < 4.78 is 6.75. The van der Waals surface area contributed by atoms with E-state index in [9.17, 15) is 14.4 Å². The van der Waals surface area contributed by atoms with Gasteiger partial charge in [0.1, 0.15) is 5.57 Å². The summed E-state index contributed by atoms with van der Waals surface area (Å²) in [6.07, 6.45) is 1.59. The van der Waals surface area contributed by atoms with Crippen molar-refractivity contribution in [2.45, 2.75) is 27.7 Å². The van der Waals surface area contributed by atoms with Gasteiger partial charge in [-0.15, -0.1) is 0 Å². The summed E-state index contributed by atoms with van der Waals surface area (Å²) in [6, 6.07) is 14.6. The molecule has 1 N–H and O–H groups in total. The highest BCUT2D eigenvalue weighted by molar-refractivity contribution is 7.80. The van der Waals surface area contributed by atoms with Crippen molar-refractivity contribution < 1.29 is 19.1 Å². The molecule has 1 fully saturated rings. The number of methoxy groups -OCH3 is 1. The van der Waals surface area contributed by atoms with E-state index < -0.39 is 17.8 Å². The Hall–Kier alpha value is -4.04. The normalized spacial score (nSPS) is 14.9. The smallest absolute Gasteiger partial charge is 0.337 e. The van der Waals surface area contributed by atoms with Crippen molar-refractivity contribution in [3.05, 3.63) is 87.7 Å². The van der Waals surface area contributed by atoms with Crippen molar-refractivity contribution in [1.82, 2.24) is 9.88 Å². The predicted octanol–water partition coefficient (Wildman–Crippen LogP) is 4.33. The Bertz CT molecular complexity index is 1420. The Balaban J connectivity index is 1.73. The van der Waals surface area contributed by atoms with Gasteiger partial charge in [0.2, 0.25) is 0 Å². The molecule has 0 saturated carbocycles. The van der Waals surface area contributed by atoms with Gasteiger partial charge in [0.15, 0.2) is 5.11 Å². The number of benzene rings is 2. The maximum absolute atomic E-state index is 13.4. The molecule has 7 nitrogen and oxygen atoms in total. The van der Waals surface area contributed by atoms with Crippen LogP contribution in [0.3, 0.4) is 0 Å². The summed E-state index contributed by atoms with van der Waals surface area (Å²) in [4.78, 5) is 39.3. The fourth-order valence-electron chi connectivity index (χ4n) is 4.28. The molecule has 4 rings (SSSR count). The van der Waals surface area contributed by atoms with Crippen molar-refractivity contribution in [2.24, 2.45) is 0 Å². The van der Waals surface area contributed by atoms with Gasteiger partial charge in [-0.3, -0.25) is 19.8 Å². The average molecular weight is 488 g/mol. The standard InChI is InChI=1S/C27H25N3O4S/c1-15-6-11-23(16(2)12-15)30-25(32)22(24(31)28-27(30)35)14-20-13-17(3)29(18(20)4)21-9-7-19(8-10-21)26(33)34-5/h6-14H,1-5H3,(H,28,31,35)/b22-14-. The molecule has 0 radical (unpaired) electrons. The number of nitrogens with zero attached hydrogens (tertiary/aromatic N) is 2. The van der Waals surface area contributed by atoms with Crippen LogP contribution >= 0.6 is 12.2 Å². The SMILES string of the molecule is COC(=O)c1ccc(-n2c(C)cc(/C=C3/C(=O)NC(=S)N(c4ccc(C)cc4C)C3=O)c2C)cc1. The number of aromatic nitrogens is 1. The fourth-order valence-corrected chi connectivity index (χ4v) is 4.56. The first-order chi connectivity index (χ1) is 16.6. The van der Waals surface area contributed by atoms with Crippen LogP contribution in [-0.2, 0) is 14.3 Å². The molecule has 0 atom stereocenters. The fraction of sp³-hybridized carbons (Fsp3) is 0.185. The van der Waals surface area contributed by atoms with Crippen LogP contribution in [0.15, 0.2) is 54.1 Å². The van der Waals surface area contributed by atoms with Crippen LogP contribution in [0.2, 0.25) is 0 Å². The number of amides is 2. The Morgan fingerprint density at radius 3 is 2.31 bits per heavy atom. The lowest BCUT2D eigenvalue weighted by Crippen LogP contribution is -2.54. The zero-order valence-corrected chi connectivity index (χ0v) is 20.9. The molecule has 178 valence electrons. The number of nitrogens with one attached hydrogen (secondary N) is 1. The summed E-state index contributed by atoms with van der Waals surface area (Å²) in [6.45, 7) is 7.71. The lowest BCUT2D eigenvalue weighted by Gasteiger charge is -2.30. The molecule has 0 aliphatic carbocycles. The second-order valence-electron chi connectivity index (χ2n) is 8.45. The van der Waals surface area contributed by atoms with Gasteiger partial charge in [0, 0.05) is 17.1 Å². The molecule has 1 aromatic heterocycles. The largest absolute Gasteiger partial charge is 0.465 e. The molecule has 3 aromatic rings. The molecule has 2 heterocycles. The second kappa shape index (κ2) is 9.31. The van der Waals surface area contributed by atoms with Crippen LogP contribution in [0, 0.1) is 27.7 Å². The lowest BCUT2D eigenvalue weighted by molar-refractivity contribution is -0.122. The number of carbonyl (C=O) groups excluding carboxylic acids is 3. The zero-order valence-electron chi connectivity index (χ0n) is 20.1. The van der Waals surface area contributed by atoms with E-state index in [1.54, 1.807) is 18.2 Å². The van der Waals surface area contributed by atoms with E-state index in [4.69, 9.17) is 17.0 Å². The lowest BCUT2D eigenvalue weighted by atomic mass is 10.0. The first kappa shape index (κ1) is 24.1. The van der Waals surface area contributed by atoms with Gasteiger partial charge in [-0.2, -0.15) is 0 Å². The summed E-state index contributed by atoms with van der Waals surface area (Å²) in [5.41, 5.74) is 6.35. The quantitative estimate of drug-likeness (QED) is 0.256. The van der Waals surface area contributed by atoms with Crippen molar-refractivity contribution >= 4 is 46.9 Å². The summed E-state index contributed by atoms with van der Waals surface area (Å²) in [5.74, 6) is -1.41. The molecule has 0 unspecified atom stereocenters. The minimum atomic E-state index is -0.534. The molecule has 35 heavy (non-hydrogen) atoms. The van der Waals surface area contributed by atoms with E-state index in [-0.39, 0.29) is 10.7 Å². The van der Waals surface area contributed by atoms with Gasteiger partial charge in [0.25, 0.3) is 11.8 Å². The van der Waals surface area contributed by atoms with E-state index in [1.165, 1.54) is 12.0 Å². The number of anilines is 1. The number of hydrogen-bond acceptors (Lipinski definition) is 5. The third kappa shape index (κ3) is 4.40. The molecule has 8 heteroatoms. The van der Waals surface area contributed by atoms with Gasteiger partial charge < -0.3 is 9.30 Å². The van der Waals surface area contributed by atoms with Crippen LogP contribution < -0.4 is 10.2 Å². The Kier molecular flexibility index (Phi) is 6.41. The third-order valence-electron chi connectivity index (χ3n) is 6.01. The number of aryl methyl sites for hydroxylation is 3. The van der Waals surface area contributed by atoms with Crippen molar-refractivity contribution in [3.8, 4) is 5.69 Å². The molecule has 1 aliphatic heterocycles. The Morgan fingerprint density at radius 2 is 1.69 bits per heavy atom. The number of ether oxygens (including phenoxy) is 1. The minimum absolute atomic E-state index is 0.000126. The van der Waals surface area contributed by atoms with Crippen LogP contribution in [0.25, 0.3) is 11.8 Å². The molecule has 1 aliphatic rings. The molecule has 0 bridgehead atoms. The third-order valence-corrected chi connectivity index (χ3v) is 6.30. The van der Waals surface area contributed by atoms with Gasteiger partial charge in [-0.25, -0.2) is 4.79 Å². The van der Waals surface area contributed by atoms with Gasteiger partial charge in [-0.05, 0) is 93.5 Å². The van der Waals surface area contributed by atoms with Crippen molar-refractivity contribution in [2.75, 3.05) is 12.0 Å². The van der Waals surface area contributed by atoms with Crippen molar-refractivity contribution in [1.29, 1.82) is 0 Å². The zero-order chi connectivity index (χ0) is 25.4. The highest BCUT2D eigenvalue weighted by Crippen LogP contribution is 2.28. The van der Waals surface area contributed by atoms with Gasteiger partial charge in [-0.1, -0.05) is 17.7 Å². The first-order valence-corrected chi connectivity index (χ1v) is 11.4. The maximum Gasteiger partial charge on any atom is 0.337 e. The van der Waals surface area contributed by atoms with E-state index in [1.807, 2.05) is 68.7 Å². The maximum atomic E-state index is 13.4. The summed E-state index contributed by atoms with van der Waals surface area (Å²) in [5, 5.41) is 2.70. The molecule has 2 amide bonds. The predicted molar refractivity (Wildman–Crippen MR) is 139 cm³/mol. The molecule has 0 spiro atoms. The second-order valence-corrected chi connectivity index (χ2v) is 8.83. The highest BCUT2D eigenvalue weighted by Gasteiger charge is 2.35. The minimum Gasteiger partial charge on any atom is -0.465 e. The monoisotopic (exact) mass is 487 g/mol. The number of hydrogen-bond donors (Lipinski definition) is 1. The number of thiocarbonyl (C=S) groups is 1. The molecule has 2 aromatic carbocycles. The molecule has 1 saturated heterocycles. The van der Waals surface area contributed by atoms with Crippen LogP contribution in [0.4, 0.5) is 5.69 Å². The van der Waals surface area contributed by atoms with E-state index in [0.29, 0.717) is 11.3 Å². The number of rotatable bonds is 4. The first-order valence-electron chi connectivity index (χ1n) is 11.0. The van der Waals surface area contributed by atoms with E-state index in [2.05, 4.69) is 5.32 Å². The van der Waals surface area contributed by atoms with Crippen LogP contribution in [0.5, 0.6) is 0 Å². The molecular weight excluding hydrogens is 462 g/mol. The topological polar surface area (TPSA) is 80.6 Å². The number of esters is 1. The number of carbonyl (C=O) groups is 3. The summed E-state index contributed by atoms with van der Waals surface area (Å²) >= 11 is 5.33. The van der Waals surface area contributed by atoms with Gasteiger partial charge >= 0.3 is 5.97 Å². The van der Waals surface area contributed by atoms with Crippen LogP contribution in [0.1, 0.15) is 38.4 Å². The Morgan fingerprint density at radius 1 is 1.00 bits per heavy atom. The van der Waals surface area contributed by atoms with E-state index >= 15 is 0 Å². The van der Waals surface area contributed by atoms with E-state index in [0.717, 1.165) is 33.8 Å². The Labute approximate surface area is 209 Å². The van der Waals surface area contributed by atoms with Gasteiger partial charge in [0.05, 0.1) is 18.4 Å². The van der Waals surface area contributed by atoms with Crippen LogP contribution in [-0.4, -0.2) is 34.6 Å². The average Bonchev–Trinajstić information content (AvgIpc) is 3.10. The molecular formula is C27H25N3O4S. The highest BCUT2D eigenvalue weighted by atomic mass is 32.1. The summed E-state index contributed by atoms with van der Waals surface area (Å²) in [7, 11) is 1.34. The van der Waals surface area contributed by atoms with Crippen molar-refractivity contribution in [3.63, 3.8) is 0 Å².